The Hall–Kier alpha value is -2.00. The summed E-state index contributed by atoms with van der Waals surface area (Å²) in [7, 11) is 1.13. The second-order valence-electron chi connectivity index (χ2n) is 5.37. The van der Waals surface area contributed by atoms with Gasteiger partial charge in [-0.3, -0.25) is 0 Å². The number of ether oxygens (including phenoxy) is 1. The SMILES string of the molecule is CCCO/N=C(\COc1c(F)c(C(F)(F)F)nn1C)c1ccc(Cl)cc1Cl. The number of alkyl halides is 3. The Morgan fingerprint density at radius 1 is 1.30 bits per heavy atom. The molecule has 0 saturated heterocycles. The molecular formula is C16H15Cl2F4N3O2. The van der Waals surface area contributed by atoms with Crippen LogP contribution >= 0.6 is 23.2 Å². The summed E-state index contributed by atoms with van der Waals surface area (Å²) < 4.78 is 58.2. The lowest BCUT2D eigenvalue weighted by Crippen LogP contribution is -2.16. The molecule has 0 bridgehead atoms. The molecule has 0 amide bonds. The summed E-state index contributed by atoms with van der Waals surface area (Å²) in [6, 6.07) is 4.55. The average Bonchev–Trinajstić information content (AvgIpc) is 2.86. The van der Waals surface area contributed by atoms with Gasteiger partial charge in [-0.15, -0.1) is 0 Å². The zero-order chi connectivity index (χ0) is 20.2. The molecule has 0 unspecified atom stereocenters. The summed E-state index contributed by atoms with van der Waals surface area (Å²) >= 11 is 12.0. The van der Waals surface area contributed by atoms with Gasteiger partial charge in [0.25, 0.3) is 0 Å². The van der Waals surface area contributed by atoms with Gasteiger partial charge in [-0.1, -0.05) is 35.3 Å². The Balaban J connectivity index is 2.30. The van der Waals surface area contributed by atoms with E-state index in [2.05, 4.69) is 10.3 Å². The third-order valence-corrected chi connectivity index (χ3v) is 3.81. The maximum absolute atomic E-state index is 14.0. The van der Waals surface area contributed by atoms with Crippen molar-refractivity contribution in [2.24, 2.45) is 12.2 Å². The molecular weight excluding hydrogens is 413 g/mol. The smallest absolute Gasteiger partial charge is 0.438 e. The van der Waals surface area contributed by atoms with Crippen molar-refractivity contribution >= 4 is 28.9 Å². The van der Waals surface area contributed by atoms with Gasteiger partial charge in [-0.2, -0.15) is 22.7 Å². The molecule has 2 aromatic rings. The quantitative estimate of drug-likeness (QED) is 0.267. The summed E-state index contributed by atoms with van der Waals surface area (Å²) in [5, 5.41) is 7.62. The number of aryl methyl sites for hydroxylation is 1. The predicted octanol–water partition coefficient (Wildman–Crippen LogP) is 5.09. The normalized spacial score (nSPS) is 12.4. The van der Waals surface area contributed by atoms with Gasteiger partial charge in [0.1, 0.15) is 18.9 Å². The van der Waals surface area contributed by atoms with Gasteiger partial charge in [0.05, 0.1) is 5.02 Å². The van der Waals surface area contributed by atoms with E-state index in [0.717, 1.165) is 7.05 Å². The molecule has 0 aliphatic carbocycles. The number of nitrogens with zero attached hydrogens (tertiary/aromatic N) is 3. The molecule has 0 atom stereocenters. The number of hydrogen-bond acceptors (Lipinski definition) is 4. The lowest BCUT2D eigenvalue weighted by molar-refractivity contribution is -0.143. The Bertz CT molecular complexity index is 838. The Labute approximate surface area is 162 Å². The number of benzene rings is 1. The lowest BCUT2D eigenvalue weighted by Gasteiger charge is -2.11. The first-order chi connectivity index (χ1) is 12.6. The van der Waals surface area contributed by atoms with Crippen LogP contribution in [0.15, 0.2) is 23.4 Å². The Morgan fingerprint density at radius 3 is 2.56 bits per heavy atom. The van der Waals surface area contributed by atoms with E-state index in [0.29, 0.717) is 28.3 Å². The lowest BCUT2D eigenvalue weighted by atomic mass is 10.1. The van der Waals surface area contributed by atoms with Gasteiger partial charge < -0.3 is 9.57 Å². The molecule has 0 saturated carbocycles. The van der Waals surface area contributed by atoms with Crippen LogP contribution < -0.4 is 4.74 Å². The van der Waals surface area contributed by atoms with Crippen LogP contribution in [0.5, 0.6) is 5.88 Å². The van der Waals surface area contributed by atoms with Gasteiger partial charge in [-0.25, -0.2) is 4.68 Å². The van der Waals surface area contributed by atoms with E-state index in [4.69, 9.17) is 32.8 Å². The third-order valence-electron chi connectivity index (χ3n) is 3.27. The number of oxime groups is 1. The minimum atomic E-state index is -4.94. The van der Waals surface area contributed by atoms with Crippen molar-refractivity contribution in [2.75, 3.05) is 13.2 Å². The molecule has 0 aliphatic rings. The van der Waals surface area contributed by atoms with Gasteiger partial charge in [0.2, 0.25) is 17.4 Å². The minimum Gasteiger partial charge on any atom is -0.469 e. The highest BCUT2D eigenvalue weighted by molar-refractivity contribution is 6.37. The molecule has 0 radical (unpaired) electrons. The standard InChI is InChI=1S/C16H15Cl2F4N3O2/c1-3-6-27-24-12(10-5-4-9(17)7-11(10)18)8-26-15-13(19)14(16(20,21)22)23-25(15)2/h4-5,7H,3,6,8H2,1-2H3/b24-12+. The molecule has 27 heavy (non-hydrogen) atoms. The van der Waals surface area contributed by atoms with Crippen LogP contribution in [0.1, 0.15) is 24.6 Å². The number of aromatic nitrogens is 2. The fraction of sp³-hybridized carbons (Fsp3) is 0.375. The summed E-state index contributed by atoms with van der Waals surface area (Å²) in [6.07, 6.45) is -4.26. The van der Waals surface area contributed by atoms with Crippen LogP contribution in [-0.2, 0) is 18.1 Å². The Kier molecular flexibility index (Phi) is 6.94. The highest BCUT2D eigenvalue weighted by Gasteiger charge is 2.40. The number of rotatable bonds is 7. The van der Waals surface area contributed by atoms with Gasteiger partial charge in [0.15, 0.2) is 0 Å². The Morgan fingerprint density at radius 2 is 2.00 bits per heavy atom. The molecule has 0 spiro atoms. The molecule has 0 aliphatic heterocycles. The molecule has 0 fully saturated rings. The summed E-state index contributed by atoms with van der Waals surface area (Å²) in [5.41, 5.74) is -1.12. The molecule has 1 aromatic carbocycles. The van der Waals surface area contributed by atoms with Crippen LogP contribution in [0.3, 0.4) is 0 Å². The summed E-state index contributed by atoms with van der Waals surface area (Å²) in [5.74, 6) is -2.29. The van der Waals surface area contributed by atoms with Crippen molar-refractivity contribution < 1.29 is 27.1 Å². The maximum atomic E-state index is 14.0. The van der Waals surface area contributed by atoms with E-state index in [1.165, 1.54) is 6.07 Å². The zero-order valence-electron chi connectivity index (χ0n) is 14.3. The monoisotopic (exact) mass is 427 g/mol. The van der Waals surface area contributed by atoms with Crippen LogP contribution in [0.25, 0.3) is 0 Å². The van der Waals surface area contributed by atoms with Gasteiger partial charge >= 0.3 is 6.18 Å². The first-order valence-corrected chi connectivity index (χ1v) is 8.47. The fourth-order valence-corrected chi connectivity index (χ4v) is 2.57. The van der Waals surface area contributed by atoms with E-state index >= 15 is 0 Å². The van der Waals surface area contributed by atoms with Crippen LogP contribution in [-0.4, -0.2) is 28.7 Å². The largest absolute Gasteiger partial charge is 0.469 e. The van der Waals surface area contributed by atoms with E-state index < -0.39 is 30.2 Å². The molecule has 0 N–H and O–H groups in total. The first kappa shape index (κ1) is 21.3. The van der Waals surface area contributed by atoms with Crippen molar-refractivity contribution in [1.29, 1.82) is 0 Å². The molecule has 1 aromatic heterocycles. The van der Waals surface area contributed by atoms with E-state index in [1.54, 1.807) is 12.1 Å². The van der Waals surface area contributed by atoms with Crippen LogP contribution in [0.4, 0.5) is 17.6 Å². The number of hydrogen-bond donors (Lipinski definition) is 0. The van der Waals surface area contributed by atoms with Gasteiger partial charge in [-0.05, 0) is 24.6 Å². The molecule has 2 rings (SSSR count). The van der Waals surface area contributed by atoms with Crippen molar-refractivity contribution in [3.05, 3.63) is 45.3 Å². The molecule has 5 nitrogen and oxygen atoms in total. The summed E-state index contributed by atoms with van der Waals surface area (Å²) in [6.45, 7) is 1.76. The maximum Gasteiger partial charge on any atom is 0.438 e. The van der Waals surface area contributed by atoms with Crippen molar-refractivity contribution in [1.82, 2.24) is 9.78 Å². The summed E-state index contributed by atoms with van der Waals surface area (Å²) in [4.78, 5) is 5.11. The van der Waals surface area contributed by atoms with E-state index in [1.807, 2.05) is 6.92 Å². The zero-order valence-corrected chi connectivity index (χ0v) is 15.8. The predicted molar refractivity (Wildman–Crippen MR) is 92.9 cm³/mol. The van der Waals surface area contributed by atoms with E-state index in [9.17, 15) is 17.6 Å². The molecule has 1 heterocycles. The third kappa shape index (κ3) is 5.26. The van der Waals surface area contributed by atoms with Crippen LogP contribution in [0.2, 0.25) is 10.0 Å². The highest BCUT2D eigenvalue weighted by Crippen LogP contribution is 2.34. The van der Waals surface area contributed by atoms with E-state index in [-0.39, 0.29) is 10.7 Å². The van der Waals surface area contributed by atoms with Gasteiger partial charge in [0, 0.05) is 17.6 Å². The second-order valence-corrected chi connectivity index (χ2v) is 6.22. The van der Waals surface area contributed by atoms with Crippen molar-refractivity contribution in [2.45, 2.75) is 19.5 Å². The van der Waals surface area contributed by atoms with Crippen molar-refractivity contribution in [3.8, 4) is 5.88 Å². The van der Waals surface area contributed by atoms with Crippen LogP contribution in [0, 0.1) is 5.82 Å². The van der Waals surface area contributed by atoms with Crippen molar-refractivity contribution in [3.63, 3.8) is 0 Å². The highest BCUT2D eigenvalue weighted by atomic mass is 35.5. The second kappa shape index (κ2) is 8.79. The topological polar surface area (TPSA) is 48.6 Å². The minimum absolute atomic E-state index is 0.152. The first-order valence-electron chi connectivity index (χ1n) is 7.71. The average molecular weight is 428 g/mol. The molecule has 11 heteroatoms. The molecule has 148 valence electrons. The fourth-order valence-electron chi connectivity index (χ4n) is 2.05. The number of halogens is 6.